The number of hydrogen-bond donors (Lipinski definition) is 3. The van der Waals surface area contributed by atoms with Crippen LogP contribution in [0.25, 0.3) is 16.5 Å². The zero-order valence-electron chi connectivity index (χ0n) is 18.5. The Morgan fingerprint density at radius 1 is 1.09 bits per heavy atom. The molecule has 2 amide bonds. The number of nitriles is 1. The van der Waals surface area contributed by atoms with E-state index in [-0.39, 0.29) is 0 Å². The lowest BCUT2D eigenvalue weighted by Crippen LogP contribution is -2.21. The molecule has 0 aliphatic heterocycles. The fourth-order valence-corrected chi connectivity index (χ4v) is 3.80. The summed E-state index contributed by atoms with van der Waals surface area (Å²) >= 11 is 0. The monoisotopic (exact) mass is 438 g/mol. The van der Waals surface area contributed by atoms with E-state index in [1.165, 1.54) is 0 Å². The smallest absolute Gasteiger partial charge is 0.324 e. The van der Waals surface area contributed by atoms with Crippen LogP contribution in [-0.4, -0.2) is 15.8 Å². The van der Waals surface area contributed by atoms with E-state index in [1.807, 2.05) is 36.4 Å². The van der Waals surface area contributed by atoms with Crippen molar-refractivity contribution in [2.24, 2.45) is 5.73 Å². The lowest BCUT2D eigenvalue weighted by atomic mass is 10.0. The highest BCUT2D eigenvalue weighted by Gasteiger charge is 2.14. The number of urea groups is 1. The van der Waals surface area contributed by atoms with Gasteiger partial charge in [-0.25, -0.2) is 9.48 Å². The van der Waals surface area contributed by atoms with E-state index in [9.17, 15) is 4.79 Å². The van der Waals surface area contributed by atoms with Crippen molar-refractivity contribution in [1.29, 1.82) is 5.26 Å². The number of nitrogens with zero attached hydrogens (tertiary/aromatic N) is 3. The summed E-state index contributed by atoms with van der Waals surface area (Å²) in [6, 6.07) is 22.5. The number of anilines is 2. The van der Waals surface area contributed by atoms with E-state index in [0.29, 0.717) is 23.6 Å². The second-order valence-corrected chi connectivity index (χ2v) is 7.84. The van der Waals surface area contributed by atoms with Gasteiger partial charge in [0.15, 0.2) is 0 Å². The topological polar surface area (TPSA) is 109 Å². The van der Waals surface area contributed by atoms with Gasteiger partial charge in [-0.1, -0.05) is 43.7 Å². The third-order valence-corrected chi connectivity index (χ3v) is 5.43. The first-order valence-corrected chi connectivity index (χ1v) is 11.0. The summed E-state index contributed by atoms with van der Waals surface area (Å²) in [5.41, 5.74) is 9.80. The first kappa shape index (κ1) is 22.1. The number of nitrogens with one attached hydrogen (secondary N) is 2. The maximum Gasteiger partial charge on any atom is 0.324 e. The average molecular weight is 439 g/mol. The minimum absolute atomic E-state index is 0.400. The summed E-state index contributed by atoms with van der Waals surface area (Å²) in [5, 5.41) is 21.7. The highest BCUT2D eigenvalue weighted by Crippen LogP contribution is 2.26. The van der Waals surface area contributed by atoms with Gasteiger partial charge in [-0.15, -0.1) is 0 Å². The summed E-state index contributed by atoms with van der Waals surface area (Å²) in [4.78, 5) is 12.8. The predicted molar refractivity (Wildman–Crippen MR) is 131 cm³/mol. The Balaban J connectivity index is 1.68. The highest BCUT2D eigenvalue weighted by molar-refractivity contribution is 5.99. The van der Waals surface area contributed by atoms with E-state index in [2.05, 4.69) is 29.7 Å². The minimum Gasteiger partial charge on any atom is -0.326 e. The number of nitrogens with two attached hydrogens (primary N) is 1. The van der Waals surface area contributed by atoms with Crippen molar-refractivity contribution >= 4 is 28.3 Å². The summed E-state index contributed by atoms with van der Waals surface area (Å²) in [7, 11) is 0. The van der Waals surface area contributed by atoms with Gasteiger partial charge < -0.3 is 11.1 Å². The zero-order valence-corrected chi connectivity index (χ0v) is 18.5. The third kappa shape index (κ3) is 5.03. The Kier molecular flexibility index (Phi) is 6.67. The minimum atomic E-state index is -0.409. The first-order chi connectivity index (χ1) is 16.1. The van der Waals surface area contributed by atoms with Gasteiger partial charge >= 0.3 is 6.03 Å². The molecular weight excluding hydrogens is 412 g/mol. The number of hydrogen-bond acceptors (Lipinski definition) is 4. The van der Waals surface area contributed by atoms with E-state index in [1.54, 1.807) is 28.9 Å². The number of benzene rings is 3. The van der Waals surface area contributed by atoms with Gasteiger partial charge in [0.05, 0.1) is 23.0 Å². The van der Waals surface area contributed by atoms with Crippen molar-refractivity contribution in [3.05, 3.63) is 83.6 Å². The Morgan fingerprint density at radius 2 is 1.94 bits per heavy atom. The molecule has 0 unspecified atom stereocenters. The molecule has 7 heteroatoms. The SMILES string of the molecule is CCCCc1cc(NC(=O)Nc2cccc(C#N)c2)n(-c2cc(CN)c3ccccc3c2)n1. The van der Waals surface area contributed by atoms with Crippen LogP contribution in [0.5, 0.6) is 0 Å². The number of rotatable bonds is 7. The molecule has 4 aromatic rings. The Morgan fingerprint density at radius 3 is 2.73 bits per heavy atom. The Hall–Kier alpha value is -4.15. The van der Waals surface area contributed by atoms with Crippen molar-refractivity contribution < 1.29 is 4.79 Å². The molecule has 0 spiro atoms. The maximum absolute atomic E-state index is 12.8. The lowest BCUT2D eigenvalue weighted by molar-refractivity contribution is 0.262. The van der Waals surface area contributed by atoms with Crippen molar-refractivity contribution in [3.63, 3.8) is 0 Å². The largest absolute Gasteiger partial charge is 0.326 e. The Labute approximate surface area is 192 Å². The fraction of sp³-hybridized carbons (Fsp3) is 0.192. The van der Waals surface area contributed by atoms with Gasteiger partial charge in [-0.3, -0.25) is 5.32 Å². The van der Waals surface area contributed by atoms with Gasteiger partial charge in [0.2, 0.25) is 0 Å². The van der Waals surface area contributed by atoms with Gasteiger partial charge in [-0.2, -0.15) is 10.4 Å². The standard InChI is InChI=1S/C26H26N6O/c1-2-3-9-22-15-25(30-26(33)29-21-10-6-7-18(12-21)16-27)32(31-22)23-13-19-8-4-5-11-24(19)20(14-23)17-28/h4-8,10-15H,2-3,9,17,28H2,1H3,(H2,29,30,33). The van der Waals surface area contributed by atoms with Crippen LogP contribution >= 0.6 is 0 Å². The second-order valence-electron chi connectivity index (χ2n) is 7.84. The van der Waals surface area contributed by atoms with Crippen LogP contribution in [0.3, 0.4) is 0 Å². The molecule has 166 valence electrons. The van der Waals surface area contributed by atoms with E-state index in [4.69, 9.17) is 16.1 Å². The zero-order chi connectivity index (χ0) is 23.2. The van der Waals surface area contributed by atoms with E-state index >= 15 is 0 Å². The van der Waals surface area contributed by atoms with Gasteiger partial charge in [-0.05, 0) is 59.5 Å². The number of carbonyl (C=O) groups excluding carboxylic acids is 1. The van der Waals surface area contributed by atoms with E-state index < -0.39 is 6.03 Å². The Bertz CT molecular complexity index is 1330. The molecule has 1 aromatic heterocycles. The van der Waals surface area contributed by atoms with Crippen LogP contribution in [0.15, 0.2) is 66.7 Å². The molecule has 0 fully saturated rings. The van der Waals surface area contributed by atoms with Crippen LogP contribution in [-0.2, 0) is 13.0 Å². The molecule has 0 bridgehead atoms. The normalized spacial score (nSPS) is 10.7. The molecule has 0 aliphatic carbocycles. The molecule has 0 radical (unpaired) electrons. The number of unbranched alkanes of at least 4 members (excludes halogenated alkanes) is 1. The fourth-order valence-electron chi connectivity index (χ4n) is 3.80. The summed E-state index contributed by atoms with van der Waals surface area (Å²) in [6.07, 6.45) is 2.88. The predicted octanol–water partition coefficient (Wildman–Crippen LogP) is 5.34. The van der Waals surface area contributed by atoms with Crippen molar-refractivity contribution in [2.45, 2.75) is 32.7 Å². The van der Waals surface area contributed by atoms with Gasteiger partial charge in [0.25, 0.3) is 0 Å². The molecule has 0 aliphatic rings. The maximum atomic E-state index is 12.8. The second kappa shape index (κ2) is 9.98. The lowest BCUT2D eigenvalue weighted by Gasteiger charge is -2.13. The average Bonchev–Trinajstić information content (AvgIpc) is 3.24. The molecule has 33 heavy (non-hydrogen) atoms. The molecule has 1 heterocycles. The number of amides is 2. The van der Waals surface area contributed by atoms with Crippen LogP contribution in [0.1, 0.15) is 36.6 Å². The van der Waals surface area contributed by atoms with Gasteiger partial charge in [0.1, 0.15) is 5.82 Å². The van der Waals surface area contributed by atoms with E-state index in [0.717, 1.165) is 47.0 Å². The third-order valence-electron chi connectivity index (χ3n) is 5.43. The molecule has 0 saturated heterocycles. The number of aromatic nitrogens is 2. The molecule has 4 rings (SSSR count). The molecule has 4 N–H and O–H groups in total. The van der Waals surface area contributed by atoms with Crippen LogP contribution in [0.2, 0.25) is 0 Å². The summed E-state index contributed by atoms with van der Waals surface area (Å²) in [5.74, 6) is 0.563. The molecule has 0 atom stereocenters. The van der Waals surface area contributed by atoms with Crippen LogP contribution in [0.4, 0.5) is 16.3 Å². The van der Waals surface area contributed by atoms with Crippen LogP contribution < -0.4 is 16.4 Å². The van der Waals surface area contributed by atoms with Crippen LogP contribution in [0, 0.1) is 11.3 Å². The molecule has 3 aromatic carbocycles. The van der Waals surface area contributed by atoms with Crippen molar-refractivity contribution in [1.82, 2.24) is 9.78 Å². The summed E-state index contributed by atoms with van der Waals surface area (Å²) in [6.45, 7) is 2.53. The molecule has 7 nitrogen and oxygen atoms in total. The van der Waals surface area contributed by atoms with Crippen molar-refractivity contribution in [2.75, 3.05) is 10.6 Å². The molecule has 0 saturated carbocycles. The van der Waals surface area contributed by atoms with Crippen molar-refractivity contribution in [3.8, 4) is 11.8 Å². The molecular formula is C26H26N6O. The first-order valence-electron chi connectivity index (χ1n) is 11.0. The number of carbonyl (C=O) groups is 1. The quantitative estimate of drug-likeness (QED) is 0.362. The van der Waals surface area contributed by atoms with Gasteiger partial charge in [0, 0.05) is 18.3 Å². The number of fused-ring (bicyclic) bond motifs is 1. The highest BCUT2D eigenvalue weighted by atomic mass is 16.2. The summed E-state index contributed by atoms with van der Waals surface area (Å²) < 4.78 is 1.75. The number of aryl methyl sites for hydroxylation is 1.